The summed E-state index contributed by atoms with van der Waals surface area (Å²) in [4.78, 5) is 0. The molecular weight excluding hydrogens is 178 g/mol. The first-order valence-electron chi connectivity index (χ1n) is 4.81. The second-order valence-corrected chi connectivity index (χ2v) is 3.36. The molecule has 0 aliphatic rings. The number of para-hydroxylation sites is 1. The molecule has 0 saturated carbocycles. The van der Waals surface area contributed by atoms with Crippen LogP contribution in [0.1, 0.15) is 12.5 Å². The number of hydrogen-bond donors (Lipinski definition) is 2. The third-order valence-corrected chi connectivity index (χ3v) is 1.86. The number of nitrogens with two attached hydrogens (primary N) is 1. The van der Waals surface area contributed by atoms with Crippen LogP contribution in [0, 0.1) is 0 Å². The fraction of sp³-hybridized carbons (Fsp3) is 0.455. The first kappa shape index (κ1) is 11.0. The van der Waals surface area contributed by atoms with E-state index in [0.717, 1.165) is 17.7 Å². The van der Waals surface area contributed by atoms with Gasteiger partial charge in [0.2, 0.25) is 0 Å². The predicted octanol–water partition coefficient (Wildman–Crippen LogP) is 0.947. The van der Waals surface area contributed by atoms with Gasteiger partial charge in [-0.1, -0.05) is 18.2 Å². The van der Waals surface area contributed by atoms with Crippen molar-refractivity contribution in [3.8, 4) is 5.75 Å². The Labute approximate surface area is 84.5 Å². The summed E-state index contributed by atoms with van der Waals surface area (Å²) in [6, 6.07) is 7.89. The van der Waals surface area contributed by atoms with Crippen LogP contribution in [0.4, 0.5) is 0 Å². The second-order valence-electron chi connectivity index (χ2n) is 3.36. The maximum absolute atomic E-state index is 8.65. The second kappa shape index (κ2) is 5.62. The van der Waals surface area contributed by atoms with Crippen LogP contribution in [0.25, 0.3) is 0 Å². The van der Waals surface area contributed by atoms with Gasteiger partial charge in [0.15, 0.2) is 0 Å². The molecule has 1 unspecified atom stereocenters. The molecule has 0 amide bonds. The summed E-state index contributed by atoms with van der Waals surface area (Å²) in [5.41, 5.74) is 6.81. The monoisotopic (exact) mass is 195 g/mol. The number of aliphatic hydroxyl groups excluding tert-OH is 1. The molecule has 0 heterocycles. The molecule has 1 aromatic rings. The summed E-state index contributed by atoms with van der Waals surface area (Å²) in [5.74, 6) is 0.818. The van der Waals surface area contributed by atoms with Crippen LogP contribution >= 0.6 is 0 Å². The van der Waals surface area contributed by atoms with Gasteiger partial charge >= 0.3 is 0 Å². The summed E-state index contributed by atoms with van der Waals surface area (Å²) in [5, 5.41) is 8.65. The highest BCUT2D eigenvalue weighted by Crippen LogP contribution is 2.18. The molecule has 0 aliphatic carbocycles. The highest BCUT2D eigenvalue weighted by molar-refractivity contribution is 5.33. The average Bonchev–Trinajstić information content (AvgIpc) is 2.16. The molecule has 3 heteroatoms. The van der Waals surface area contributed by atoms with Crippen molar-refractivity contribution in [3.05, 3.63) is 29.8 Å². The van der Waals surface area contributed by atoms with E-state index in [2.05, 4.69) is 0 Å². The van der Waals surface area contributed by atoms with Crippen LogP contribution in [0.2, 0.25) is 0 Å². The van der Waals surface area contributed by atoms with Gasteiger partial charge in [0.05, 0.1) is 6.61 Å². The van der Waals surface area contributed by atoms with Crippen molar-refractivity contribution in [1.29, 1.82) is 0 Å². The van der Waals surface area contributed by atoms with Crippen LogP contribution in [-0.2, 0) is 6.42 Å². The minimum absolute atomic E-state index is 0.0342. The van der Waals surface area contributed by atoms with Crippen LogP contribution in [-0.4, -0.2) is 24.4 Å². The van der Waals surface area contributed by atoms with Gasteiger partial charge in [-0.2, -0.15) is 0 Å². The first-order valence-corrected chi connectivity index (χ1v) is 4.81. The molecule has 3 N–H and O–H groups in total. The molecule has 14 heavy (non-hydrogen) atoms. The van der Waals surface area contributed by atoms with E-state index >= 15 is 0 Å². The van der Waals surface area contributed by atoms with Crippen LogP contribution in [0.3, 0.4) is 0 Å². The number of rotatable bonds is 5. The quantitative estimate of drug-likeness (QED) is 0.735. The molecule has 0 saturated heterocycles. The standard InChI is InChI=1S/C11H17NO2/c1-9(12)8-10-4-2-3-5-11(10)14-7-6-13/h2-5,9,13H,6-8,12H2,1H3. The lowest BCUT2D eigenvalue weighted by Crippen LogP contribution is -2.18. The van der Waals surface area contributed by atoms with Gasteiger partial charge in [0.1, 0.15) is 12.4 Å². The molecule has 1 aromatic carbocycles. The summed E-state index contributed by atoms with van der Waals surface area (Å²) < 4.78 is 5.38. The highest BCUT2D eigenvalue weighted by atomic mass is 16.5. The largest absolute Gasteiger partial charge is 0.491 e. The minimum atomic E-state index is 0.0342. The topological polar surface area (TPSA) is 55.5 Å². The summed E-state index contributed by atoms with van der Waals surface area (Å²) in [6.45, 7) is 2.32. The Kier molecular flexibility index (Phi) is 4.43. The molecule has 0 aromatic heterocycles. The van der Waals surface area contributed by atoms with Crippen molar-refractivity contribution in [2.24, 2.45) is 5.73 Å². The van der Waals surface area contributed by atoms with Gasteiger partial charge < -0.3 is 15.6 Å². The lowest BCUT2D eigenvalue weighted by molar-refractivity contribution is 0.200. The Hall–Kier alpha value is -1.06. The summed E-state index contributed by atoms with van der Waals surface area (Å²) >= 11 is 0. The Bertz CT molecular complexity index is 274. The maximum Gasteiger partial charge on any atom is 0.122 e. The molecule has 0 fully saturated rings. The molecule has 0 radical (unpaired) electrons. The molecule has 0 spiro atoms. The summed E-state index contributed by atoms with van der Waals surface area (Å²) in [6.07, 6.45) is 0.793. The van der Waals surface area contributed by atoms with Gasteiger partial charge in [-0.15, -0.1) is 0 Å². The molecule has 0 aliphatic heterocycles. The van der Waals surface area contributed by atoms with Crippen molar-refractivity contribution < 1.29 is 9.84 Å². The first-order chi connectivity index (χ1) is 6.74. The van der Waals surface area contributed by atoms with E-state index in [1.54, 1.807) is 0 Å². The van der Waals surface area contributed by atoms with Crippen molar-refractivity contribution >= 4 is 0 Å². The van der Waals surface area contributed by atoms with E-state index in [4.69, 9.17) is 15.6 Å². The maximum atomic E-state index is 8.65. The highest BCUT2D eigenvalue weighted by Gasteiger charge is 2.04. The van der Waals surface area contributed by atoms with E-state index in [9.17, 15) is 0 Å². The Balaban J connectivity index is 2.69. The van der Waals surface area contributed by atoms with E-state index in [-0.39, 0.29) is 12.6 Å². The van der Waals surface area contributed by atoms with Gasteiger partial charge in [-0.05, 0) is 25.0 Å². The minimum Gasteiger partial charge on any atom is -0.491 e. The molecule has 0 bridgehead atoms. The lowest BCUT2D eigenvalue weighted by atomic mass is 10.1. The average molecular weight is 195 g/mol. The van der Waals surface area contributed by atoms with E-state index in [1.807, 2.05) is 31.2 Å². The zero-order valence-electron chi connectivity index (χ0n) is 8.44. The van der Waals surface area contributed by atoms with E-state index < -0.39 is 0 Å². The fourth-order valence-corrected chi connectivity index (χ4v) is 1.32. The number of hydrogen-bond acceptors (Lipinski definition) is 3. The van der Waals surface area contributed by atoms with E-state index in [1.165, 1.54) is 0 Å². The van der Waals surface area contributed by atoms with Gasteiger partial charge in [0.25, 0.3) is 0 Å². The normalized spacial score (nSPS) is 12.5. The predicted molar refractivity (Wildman–Crippen MR) is 56.4 cm³/mol. The Morgan fingerprint density at radius 3 is 2.79 bits per heavy atom. The Morgan fingerprint density at radius 2 is 2.14 bits per heavy atom. The fourth-order valence-electron chi connectivity index (χ4n) is 1.32. The zero-order valence-corrected chi connectivity index (χ0v) is 8.44. The Morgan fingerprint density at radius 1 is 1.43 bits per heavy atom. The van der Waals surface area contributed by atoms with Gasteiger partial charge in [-0.3, -0.25) is 0 Å². The van der Waals surface area contributed by atoms with E-state index in [0.29, 0.717) is 6.61 Å². The number of ether oxygens (including phenoxy) is 1. The van der Waals surface area contributed by atoms with Crippen LogP contribution in [0.5, 0.6) is 5.75 Å². The SMILES string of the molecule is CC(N)Cc1ccccc1OCCO. The molecule has 78 valence electrons. The zero-order chi connectivity index (χ0) is 10.4. The van der Waals surface area contributed by atoms with Crippen molar-refractivity contribution in [2.75, 3.05) is 13.2 Å². The smallest absolute Gasteiger partial charge is 0.122 e. The van der Waals surface area contributed by atoms with Gasteiger partial charge in [-0.25, -0.2) is 0 Å². The lowest BCUT2D eigenvalue weighted by Gasteiger charge is -2.11. The van der Waals surface area contributed by atoms with Crippen molar-refractivity contribution in [3.63, 3.8) is 0 Å². The molecule has 3 nitrogen and oxygen atoms in total. The van der Waals surface area contributed by atoms with Crippen molar-refractivity contribution in [1.82, 2.24) is 0 Å². The number of aliphatic hydroxyl groups is 1. The van der Waals surface area contributed by atoms with Crippen LogP contribution < -0.4 is 10.5 Å². The molecule has 1 atom stereocenters. The van der Waals surface area contributed by atoms with Gasteiger partial charge in [0, 0.05) is 6.04 Å². The third-order valence-electron chi connectivity index (χ3n) is 1.86. The molecule has 1 rings (SSSR count). The third kappa shape index (κ3) is 3.36. The van der Waals surface area contributed by atoms with Crippen LogP contribution in [0.15, 0.2) is 24.3 Å². The molecular formula is C11H17NO2. The van der Waals surface area contributed by atoms with Crippen molar-refractivity contribution in [2.45, 2.75) is 19.4 Å². The number of benzene rings is 1. The summed E-state index contributed by atoms with van der Waals surface area (Å²) in [7, 11) is 0.